The minimum Gasteiger partial charge on any atom is -0.456 e. The van der Waals surface area contributed by atoms with E-state index in [4.69, 9.17) is 13.3 Å². The van der Waals surface area contributed by atoms with Crippen LogP contribution in [0.5, 0.6) is 0 Å². The van der Waals surface area contributed by atoms with Crippen LogP contribution in [0, 0.1) is 0 Å². The number of hydrogen-bond acceptors (Lipinski definition) is 6. The Morgan fingerprint density at radius 3 is 0.945 bits per heavy atom. The molecule has 5 nitrogen and oxygen atoms in total. The number of para-hydroxylation sites is 4. The molecule has 0 spiro atoms. The van der Waals surface area contributed by atoms with Crippen LogP contribution in [-0.4, -0.2) is 0 Å². The Kier molecular flexibility index (Phi) is 17.6. The average molecular weight is 1650 g/mol. The number of thiophene rings is 1. The molecule has 6 heteroatoms. The van der Waals surface area contributed by atoms with Crippen LogP contribution < -0.4 is 9.80 Å². The highest BCUT2D eigenvalue weighted by molar-refractivity contribution is 7.26. The molecule has 2 aliphatic carbocycles. The van der Waals surface area contributed by atoms with Crippen molar-refractivity contribution in [2.75, 3.05) is 9.80 Å². The van der Waals surface area contributed by atoms with Gasteiger partial charge in [0, 0.05) is 104 Å². The SMILES string of the molecule is c1ccc(C2(c3cccc(-c4ccc(N(c5ccc(-c6cccc7c6oc6ccccc67)cc5)c5ccc6c(c5)oc5ccccc56)cc4)c3)c3ccccc3-c3ccccc32)cc1.c1ccc(C2(c3cccc(-c4ccc(N(c5ccc(-c6cccc7c6sc6ccccc67)cc5)c5ccc6c(c5)oc5ccccc56)cc4)c3)c3ccccc3-c3ccccc32)cc1. The Hall–Kier alpha value is -16.4. The maximum atomic E-state index is 6.45. The van der Waals surface area contributed by atoms with Gasteiger partial charge in [-0.2, -0.15) is 0 Å². The maximum Gasteiger partial charge on any atom is 0.143 e. The third-order valence-electron chi connectivity index (χ3n) is 26.7. The molecule has 0 N–H and O–H groups in total. The van der Waals surface area contributed by atoms with Gasteiger partial charge >= 0.3 is 0 Å². The highest BCUT2D eigenvalue weighted by Gasteiger charge is 2.48. The van der Waals surface area contributed by atoms with Crippen molar-refractivity contribution in [1.29, 1.82) is 0 Å². The molecule has 4 heterocycles. The first-order valence-electron chi connectivity index (χ1n) is 43.8. The number of benzene rings is 20. The van der Waals surface area contributed by atoms with Gasteiger partial charge in [-0.1, -0.05) is 352 Å². The largest absolute Gasteiger partial charge is 0.456 e. The van der Waals surface area contributed by atoms with Gasteiger partial charge in [0.25, 0.3) is 0 Å². The highest BCUT2D eigenvalue weighted by Crippen LogP contribution is 2.59. The van der Waals surface area contributed by atoms with Gasteiger partial charge in [-0.3, -0.25) is 0 Å². The van der Waals surface area contributed by atoms with E-state index in [9.17, 15) is 0 Å². The van der Waals surface area contributed by atoms with Crippen molar-refractivity contribution < 1.29 is 13.3 Å². The summed E-state index contributed by atoms with van der Waals surface area (Å²) in [6.07, 6.45) is 0. The van der Waals surface area contributed by atoms with Gasteiger partial charge in [0.05, 0.1) is 10.8 Å². The third kappa shape index (κ3) is 11.9. The van der Waals surface area contributed by atoms with Crippen molar-refractivity contribution in [2.24, 2.45) is 0 Å². The summed E-state index contributed by atoms with van der Waals surface area (Å²) in [6.45, 7) is 0. The van der Waals surface area contributed by atoms with Crippen LogP contribution in [0.25, 0.3) is 153 Å². The monoisotopic (exact) mass is 1650 g/mol. The first kappa shape index (κ1) is 74.3. The number of rotatable bonds is 14. The first-order chi connectivity index (χ1) is 63.4. The normalized spacial score (nSPS) is 12.8. The van der Waals surface area contributed by atoms with Crippen molar-refractivity contribution in [3.05, 3.63) is 518 Å². The van der Waals surface area contributed by atoms with E-state index in [1.807, 2.05) is 47.7 Å². The van der Waals surface area contributed by atoms with Crippen LogP contribution in [0.1, 0.15) is 44.5 Å². The van der Waals surface area contributed by atoms with Crippen LogP contribution in [0.4, 0.5) is 34.1 Å². The molecule has 0 unspecified atom stereocenters. The number of hydrogen-bond donors (Lipinski definition) is 0. The van der Waals surface area contributed by atoms with E-state index in [1.54, 1.807) is 0 Å². The molecular weight excluding hydrogens is 1570 g/mol. The zero-order chi connectivity index (χ0) is 84.4. The summed E-state index contributed by atoms with van der Waals surface area (Å²) in [6, 6.07) is 172. The molecule has 0 saturated heterocycles. The molecule has 0 aliphatic heterocycles. The van der Waals surface area contributed by atoms with E-state index in [-0.39, 0.29) is 0 Å². The van der Waals surface area contributed by atoms with Gasteiger partial charge in [-0.25, -0.2) is 0 Å². The third-order valence-corrected chi connectivity index (χ3v) is 28.0. The maximum absolute atomic E-state index is 6.45. The van der Waals surface area contributed by atoms with Crippen molar-refractivity contribution in [2.45, 2.75) is 10.8 Å². The highest BCUT2D eigenvalue weighted by atomic mass is 32.1. The summed E-state index contributed by atoms with van der Waals surface area (Å²) in [5, 5.41) is 9.33. The topological polar surface area (TPSA) is 45.9 Å². The zero-order valence-corrected chi connectivity index (χ0v) is 70.4. The van der Waals surface area contributed by atoms with E-state index >= 15 is 0 Å². The fourth-order valence-electron chi connectivity index (χ4n) is 21.0. The molecule has 0 fully saturated rings. The number of anilines is 6. The zero-order valence-electron chi connectivity index (χ0n) is 69.6. The Bertz CT molecular complexity index is 7860. The fourth-order valence-corrected chi connectivity index (χ4v) is 22.3. The summed E-state index contributed by atoms with van der Waals surface area (Å²) in [5.74, 6) is 0. The van der Waals surface area contributed by atoms with Crippen LogP contribution in [0.2, 0.25) is 0 Å². The second-order valence-electron chi connectivity index (χ2n) is 33.6. The minimum atomic E-state index is -0.460. The molecule has 0 amide bonds. The van der Waals surface area contributed by atoms with E-state index in [2.05, 4.69) is 447 Å². The predicted octanol–water partition coefficient (Wildman–Crippen LogP) is 33.8. The van der Waals surface area contributed by atoms with Gasteiger partial charge in [0.1, 0.15) is 33.5 Å². The average Bonchev–Trinajstić information content (AvgIpc) is 1.54. The Labute approximate surface area is 744 Å². The van der Waals surface area contributed by atoms with E-state index in [0.717, 1.165) is 122 Å². The van der Waals surface area contributed by atoms with E-state index < -0.39 is 10.8 Å². The molecule has 0 bridgehead atoms. The Balaban J connectivity index is 0.000000139. The summed E-state index contributed by atoms with van der Waals surface area (Å²) >= 11 is 1.87. The first-order valence-corrected chi connectivity index (χ1v) is 44.6. The summed E-state index contributed by atoms with van der Waals surface area (Å²) in [4.78, 5) is 4.66. The van der Waals surface area contributed by atoms with Gasteiger partial charge in [-0.15, -0.1) is 11.3 Å². The molecule has 2 aliphatic rings. The molecule has 0 atom stereocenters. The molecular formula is C122H78N2O3S. The molecule has 0 saturated carbocycles. The number of fused-ring (bicyclic) bond motifs is 18. The molecule has 4 aromatic heterocycles. The minimum absolute atomic E-state index is 0.453. The summed E-state index contributed by atoms with van der Waals surface area (Å²) in [5.41, 5.74) is 35.4. The number of furan rings is 3. The van der Waals surface area contributed by atoms with Crippen molar-refractivity contribution in [1.82, 2.24) is 0 Å². The van der Waals surface area contributed by atoms with Crippen LogP contribution in [0.15, 0.2) is 486 Å². The van der Waals surface area contributed by atoms with Crippen molar-refractivity contribution in [3.8, 4) is 66.8 Å². The van der Waals surface area contributed by atoms with Crippen molar-refractivity contribution in [3.63, 3.8) is 0 Å². The van der Waals surface area contributed by atoms with Crippen LogP contribution >= 0.6 is 11.3 Å². The lowest BCUT2D eigenvalue weighted by atomic mass is 9.67. The quantitative estimate of drug-likeness (QED) is 0.109. The Morgan fingerprint density at radius 1 is 0.180 bits per heavy atom. The fraction of sp³-hybridized carbons (Fsp3) is 0.0164. The van der Waals surface area contributed by atoms with Gasteiger partial charge in [0.15, 0.2) is 0 Å². The van der Waals surface area contributed by atoms with Crippen LogP contribution in [-0.2, 0) is 10.8 Å². The lowest BCUT2D eigenvalue weighted by molar-refractivity contribution is 0.668. The molecule has 128 heavy (non-hydrogen) atoms. The van der Waals surface area contributed by atoms with E-state index in [1.165, 1.54) is 109 Å². The van der Waals surface area contributed by atoms with Crippen LogP contribution in [0.3, 0.4) is 0 Å². The van der Waals surface area contributed by atoms with Gasteiger partial charge < -0.3 is 23.1 Å². The molecule has 0 radical (unpaired) electrons. The lowest BCUT2D eigenvalue weighted by Crippen LogP contribution is -2.28. The summed E-state index contributed by atoms with van der Waals surface area (Å²) in [7, 11) is 0. The second-order valence-corrected chi connectivity index (χ2v) is 34.6. The molecule has 600 valence electrons. The molecule has 26 rings (SSSR count). The second kappa shape index (κ2) is 30.3. The lowest BCUT2D eigenvalue weighted by Gasteiger charge is -2.34. The smallest absolute Gasteiger partial charge is 0.143 e. The standard InChI is InChI=1S/C61H39NO2.C61H39NOS/c1-2-15-43(16-3-1)61(55-24-8-4-18-49(55)50-19-5-9-25-56(50)61)44-17-12-14-42(38-44)40-28-32-45(33-29-40)62(47-36-37-53-51-20-6-10-26-57(51)63-59(53)39-47)46-34-30-41(31-35-46)48-22-13-23-54-52-21-7-11-27-58(52)64-60(48)54;1-2-15-43(16-3-1)61(55-24-8-4-18-49(55)50-19-5-9-25-56(50)61)44-17-12-14-42(38-44)40-28-32-45(33-29-40)62(47-36-37-52-51-20-6-10-26-57(51)63-58(52)39-47)46-34-30-41(31-35-46)48-22-13-23-54-53-21-7-11-27-59(53)64-60(48)54/h2*1-39H. The molecule has 20 aromatic carbocycles. The predicted molar refractivity (Wildman–Crippen MR) is 533 cm³/mol. The Morgan fingerprint density at radius 2 is 0.492 bits per heavy atom. The van der Waals surface area contributed by atoms with Gasteiger partial charge in [-0.05, 0) is 215 Å². The number of nitrogens with zero attached hydrogens (tertiary/aromatic N) is 2. The van der Waals surface area contributed by atoms with E-state index in [0.29, 0.717) is 0 Å². The van der Waals surface area contributed by atoms with Gasteiger partial charge in [0.2, 0.25) is 0 Å². The molecule has 24 aromatic rings. The summed E-state index contributed by atoms with van der Waals surface area (Å²) < 4.78 is 22.0. The van der Waals surface area contributed by atoms with Crippen molar-refractivity contribution >= 4 is 131 Å².